The van der Waals surface area contributed by atoms with Crippen LogP contribution in [0.3, 0.4) is 0 Å². The van der Waals surface area contributed by atoms with E-state index in [2.05, 4.69) is 52.4 Å². The molecule has 1 aliphatic heterocycles. The summed E-state index contributed by atoms with van der Waals surface area (Å²) in [5.41, 5.74) is 4.15. The molecule has 0 saturated carbocycles. The predicted octanol–water partition coefficient (Wildman–Crippen LogP) is 7.65. The van der Waals surface area contributed by atoms with Crippen molar-refractivity contribution >= 4 is 11.5 Å². The molecule has 3 rings (SSSR count). The number of carbonyl (C=O) groups is 1. The van der Waals surface area contributed by atoms with Gasteiger partial charge in [0.05, 0.1) is 12.2 Å². The summed E-state index contributed by atoms with van der Waals surface area (Å²) in [6.07, 6.45) is 8.08. The maximum absolute atomic E-state index is 12.8. The zero-order valence-electron chi connectivity index (χ0n) is 22.9. The highest BCUT2D eigenvalue weighted by atomic mass is 16.9. The number of unbranched alkanes of at least 4 members (excludes halogenated alkanes) is 2. The van der Waals surface area contributed by atoms with Gasteiger partial charge in [-0.25, -0.2) is 0 Å². The van der Waals surface area contributed by atoms with Crippen LogP contribution in [0.25, 0.3) is 5.57 Å². The Hall–Kier alpha value is -2.57. The highest BCUT2D eigenvalue weighted by Gasteiger charge is 2.39. The van der Waals surface area contributed by atoms with Crippen molar-refractivity contribution in [1.82, 2.24) is 0 Å². The molecule has 0 radical (unpaired) electrons. The summed E-state index contributed by atoms with van der Waals surface area (Å²) in [7, 11) is 0. The Morgan fingerprint density at radius 2 is 2.00 bits per heavy atom. The topological polar surface area (TPSA) is 87.9 Å². The number of fused-ring (bicyclic) bond motifs is 2. The van der Waals surface area contributed by atoms with Gasteiger partial charge in [-0.05, 0) is 86.1 Å². The van der Waals surface area contributed by atoms with E-state index in [1.165, 1.54) is 30.4 Å². The summed E-state index contributed by atoms with van der Waals surface area (Å²) in [5, 5.41) is 9.55. The number of allylic oxidation sites excluding steroid dienone is 1. The molecule has 3 atom stereocenters. The van der Waals surface area contributed by atoms with E-state index in [0.29, 0.717) is 17.6 Å². The number of nitrogens with zero attached hydrogens (tertiary/aromatic N) is 1. The molecule has 1 heterocycles. The van der Waals surface area contributed by atoms with Crippen molar-refractivity contribution in [3.8, 4) is 11.5 Å². The molecule has 1 aromatic carbocycles. The molecule has 0 aromatic heterocycles. The van der Waals surface area contributed by atoms with E-state index >= 15 is 0 Å². The van der Waals surface area contributed by atoms with Crippen LogP contribution in [-0.2, 0) is 9.63 Å². The zero-order valence-corrected chi connectivity index (χ0v) is 22.9. The Labute approximate surface area is 215 Å². The molecular weight excluding hydrogens is 458 g/mol. The van der Waals surface area contributed by atoms with Crippen LogP contribution in [0, 0.1) is 22.0 Å². The van der Waals surface area contributed by atoms with Crippen molar-refractivity contribution in [1.29, 1.82) is 0 Å². The van der Waals surface area contributed by atoms with Crippen molar-refractivity contribution in [3.63, 3.8) is 0 Å². The molecule has 36 heavy (non-hydrogen) atoms. The fourth-order valence-corrected chi connectivity index (χ4v) is 5.52. The smallest absolute Gasteiger partial charge is 0.311 e. The van der Waals surface area contributed by atoms with Crippen LogP contribution in [0.2, 0.25) is 0 Å². The zero-order chi connectivity index (χ0) is 26.5. The van der Waals surface area contributed by atoms with Crippen LogP contribution in [0.4, 0.5) is 0 Å². The van der Waals surface area contributed by atoms with E-state index in [1.54, 1.807) is 0 Å². The summed E-state index contributed by atoms with van der Waals surface area (Å²) in [5.74, 6) is 2.24. The highest BCUT2D eigenvalue weighted by molar-refractivity contribution is 5.84. The lowest BCUT2D eigenvalue weighted by Gasteiger charge is -2.41. The normalized spacial score (nSPS) is 20.0. The van der Waals surface area contributed by atoms with Crippen LogP contribution < -0.4 is 9.47 Å². The molecule has 0 amide bonds. The summed E-state index contributed by atoms with van der Waals surface area (Å²) in [6.45, 7) is 13.1. The quantitative estimate of drug-likeness (QED) is 0.0961. The van der Waals surface area contributed by atoms with Gasteiger partial charge >= 0.3 is 5.97 Å². The Morgan fingerprint density at radius 3 is 2.69 bits per heavy atom. The molecule has 0 spiro atoms. The van der Waals surface area contributed by atoms with E-state index in [0.717, 1.165) is 42.6 Å². The van der Waals surface area contributed by atoms with Crippen LogP contribution in [0.15, 0.2) is 17.7 Å². The molecule has 3 unspecified atom stereocenters. The fraction of sp³-hybridized carbons (Fsp3) is 0.690. The predicted molar refractivity (Wildman–Crippen MR) is 141 cm³/mol. The average Bonchev–Trinajstić information content (AvgIpc) is 2.80. The number of hydrogen-bond acceptors (Lipinski definition) is 6. The first-order valence-corrected chi connectivity index (χ1v) is 13.6. The maximum Gasteiger partial charge on any atom is 0.311 e. The second-order valence-electron chi connectivity index (χ2n) is 11.2. The van der Waals surface area contributed by atoms with Crippen molar-refractivity contribution in [3.05, 3.63) is 38.9 Å². The summed E-state index contributed by atoms with van der Waals surface area (Å²) >= 11 is 0. The summed E-state index contributed by atoms with van der Waals surface area (Å²) < 4.78 is 12.6. The Bertz CT molecular complexity index is 982. The van der Waals surface area contributed by atoms with Crippen LogP contribution in [0.1, 0.15) is 116 Å². The molecule has 0 bridgehead atoms. The molecule has 1 aromatic rings. The number of benzene rings is 1. The first kappa shape index (κ1) is 28.0. The van der Waals surface area contributed by atoms with E-state index in [4.69, 9.17) is 9.47 Å². The van der Waals surface area contributed by atoms with Gasteiger partial charge in [0.15, 0.2) is 0 Å². The van der Waals surface area contributed by atoms with Gasteiger partial charge in [0.2, 0.25) is 0 Å². The van der Waals surface area contributed by atoms with E-state index in [1.807, 2.05) is 6.07 Å². The number of ether oxygens (including phenoxy) is 2. The van der Waals surface area contributed by atoms with Gasteiger partial charge in [0.25, 0.3) is 5.09 Å². The van der Waals surface area contributed by atoms with E-state index in [-0.39, 0.29) is 25.4 Å². The second kappa shape index (κ2) is 12.1. The van der Waals surface area contributed by atoms with Crippen molar-refractivity contribution in [2.24, 2.45) is 11.8 Å². The number of carbonyl (C=O) groups excluding carboxylic acids is 1. The molecular formula is C29H43NO6. The summed E-state index contributed by atoms with van der Waals surface area (Å²) in [6, 6.07) is 4.18. The van der Waals surface area contributed by atoms with Gasteiger partial charge in [-0.1, -0.05) is 53.4 Å². The van der Waals surface area contributed by atoms with E-state index in [9.17, 15) is 14.9 Å². The third-order valence-electron chi connectivity index (χ3n) is 7.87. The molecule has 200 valence electrons. The Morgan fingerprint density at radius 1 is 1.25 bits per heavy atom. The minimum Gasteiger partial charge on any atom is -0.483 e. The lowest BCUT2D eigenvalue weighted by atomic mass is 9.74. The fourth-order valence-electron chi connectivity index (χ4n) is 5.52. The molecule has 2 aliphatic rings. The minimum atomic E-state index is -0.842. The first-order chi connectivity index (χ1) is 17.0. The van der Waals surface area contributed by atoms with Gasteiger partial charge < -0.3 is 14.3 Å². The van der Waals surface area contributed by atoms with Crippen LogP contribution >= 0.6 is 0 Å². The maximum atomic E-state index is 12.8. The van der Waals surface area contributed by atoms with Gasteiger partial charge in [-0.2, -0.15) is 0 Å². The monoisotopic (exact) mass is 501 g/mol. The van der Waals surface area contributed by atoms with Gasteiger partial charge in [-0.3, -0.25) is 4.79 Å². The van der Waals surface area contributed by atoms with E-state index < -0.39 is 16.7 Å². The number of rotatable bonds is 12. The molecule has 0 saturated heterocycles. The molecule has 7 heteroatoms. The van der Waals surface area contributed by atoms with Gasteiger partial charge in [-0.15, -0.1) is 10.1 Å². The Kier molecular flexibility index (Phi) is 9.42. The number of hydrogen-bond donors (Lipinski definition) is 0. The highest BCUT2D eigenvalue weighted by Crippen LogP contribution is 2.52. The van der Waals surface area contributed by atoms with Crippen LogP contribution in [0.5, 0.6) is 11.5 Å². The Balaban J connectivity index is 1.95. The SMILES string of the molecule is CCCCCC(C)C(C)c1cc(OC(=O)CCCO[N+](=O)[O-])c2c(c1)OC(C)(C)C1=C2CC(C)CC1. The van der Waals surface area contributed by atoms with Gasteiger partial charge in [0, 0.05) is 6.42 Å². The standard InChI is InChI=1S/C29H43NO6/c1-7-8-9-11-20(3)21(4)22-17-25(35-27(31)12-10-15-34-30(32)33)28-23-16-19(2)13-14-24(23)29(5,6)36-26(28)18-22/h17-21H,7-16H2,1-6H3. The molecule has 0 N–H and O–H groups in total. The minimum absolute atomic E-state index is 0.0461. The largest absolute Gasteiger partial charge is 0.483 e. The lowest BCUT2D eigenvalue weighted by molar-refractivity contribution is -0.757. The molecule has 7 nitrogen and oxygen atoms in total. The third-order valence-corrected chi connectivity index (χ3v) is 7.87. The molecule has 1 aliphatic carbocycles. The summed E-state index contributed by atoms with van der Waals surface area (Å²) in [4.78, 5) is 27.5. The first-order valence-electron chi connectivity index (χ1n) is 13.6. The number of esters is 1. The lowest BCUT2D eigenvalue weighted by Crippen LogP contribution is -2.37. The average molecular weight is 502 g/mol. The van der Waals surface area contributed by atoms with Crippen molar-refractivity contribution in [2.45, 2.75) is 111 Å². The van der Waals surface area contributed by atoms with Gasteiger partial charge in [0.1, 0.15) is 17.1 Å². The van der Waals surface area contributed by atoms with Crippen molar-refractivity contribution in [2.75, 3.05) is 6.61 Å². The third kappa shape index (κ3) is 6.80. The van der Waals surface area contributed by atoms with Crippen LogP contribution in [-0.4, -0.2) is 23.3 Å². The second-order valence-corrected chi connectivity index (χ2v) is 11.2. The van der Waals surface area contributed by atoms with Crippen molar-refractivity contribution < 1.29 is 24.2 Å². The molecule has 0 fully saturated rings.